The minimum Gasteiger partial charge on any atom is -0.394 e. The lowest BCUT2D eigenvalue weighted by Crippen LogP contribution is -2.45. The Morgan fingerprint density at radius 3 is 1.18 bits per heavy atom. The van der Waals surface area contributed by atoms with Crippen LogP contribution in [0.15, 0.2) is 85.1 Å². The van der Waals surface area contributed by atoms with Gasteiger partial charge in [-0.2, -0.15) is 0 Å². The molecule has 0 aromatic rings. The summed E-state index contributed by atoms with van der Waals surface area (Å²) in [5.74, 6) is -0.0756. The SMILES string of the molecule is CC/C=C\C/C=C\C/C=C\C/C=C\C/C=C\C/C=C\CCCCCCCCCCC(=O)NC(CO)C(O)/C=C/CCCCCCCCCCCCCCCCC. The number of carbonyl (C=O) groups excluding carboxylic acids is 1. The second kappa shape index (κ2) is 46.9. The third-order valence-corrected chi connectivity index (χ3v) is 10.4. The second-order valence-corrected chi connectivity index (χ2v) is 15.8. The molecule has 56 heavy (non-hydrogen) atoms. The van der Waals surface area contributed by atoms with Crippen molar-refractivity contribution in [2.75, 3.05) is 6.61 Å². The van der Waals surface area contributed by atoms with Crippen molar-refractivity contribution < 1.29 is 15.0 Å². The summed E-state index contributed by atoms with van der Waals surface area (Å²) in [4.78, 5) is 12.4. The van der Waals surface area contributed by atoms with E-state index < -0.39 is 12.1 Å². The van der Waals surface area contributed by atoms with Gasteiger partial charge in [-0.05, 0) is 70.6 Å². The van der Waals surface area contributed by atoms with Crippen LogP contribution in [0.3, 0.4) is 0 Å². The monoisotopic (exact) mass is 778 g/mol. The van der Waals surface area contributed by atoms with Crippen molar-refractivity contribution in [3.05, 3.63) is 85.1 Å². The van der Waals surface area contributed by atoms with Crippen LogP contribution in [-0.2, 0) is 4.79 Å². The van der Waals surface area contributed by atoms with E-state index in [1.54, 1.807) is 6.08 Å². The van der Waals surface area contributed by atoms with Crippen molar-refractivity contribution in [3.8, 4) is 0 Å². The third-order valence-electron chi connectivity index (χ3n) is 10.4. The molecule has 0 radical (unpaired) electrons. The van der Waals surface area contributed by atoms with Crippen molar-refractivity contribution in [1.82, 2.24) is 5.32 Å². The summed E-state index contributed by atoms with van der Waals surface area (Å²) >= 11 is 0. The quantitative estimate of drug-likeness (QED) is 0.0427. The van der Waals surface area contributed by atoms with Gasteiger partial charge in [0, 0.05) is 6.42 Å². The van der Waals surface area contributed by atoms with E-state index in [1.165, 1.54) is 128 Å². The molecule has 0 aliphatic rings. The molecule has 3 N–H and O–H groups in total. The van der Waals surface area contributed by atoms with E-state index in [-0.39, 0.29) is 12.5 Å². The van der Waals surface area contributed by atoms with Crippen LogP contribution in [-0.4, -0.2) is 34.9 Å². The maximum absolute atomic E-state index is 12.4. The van der Waals surface area contributed by atoms with Crippen LogP contribution in [0.2, 0.25) is 0 Å². The van der Waals surface area contributed by atoms with Crippen molar-refractivity contribution in [1.29, 1.82) is 0 Å². The lowest BCUT2D eigenvalue weighted by molar-refractivity contribution is -0.123. The Labute approximate surface area is 348 Å². The van der Waals surface area contributed by atoms with E-state index >= 15 is 0 Å². The predicted molar refractivity (Wildman–Crippen MR) is 248 cm³/mol. The number of nitrogens with one attached hydrogen (secondary N) is 1. The van der Waals surface area contributed by atoms with Gasteiger partial charge in [0.05, 0.1) is 18.8 Å². The van der Waals surface area contributed by atoms with Gasteiger partial charge in [0.2, 0.25) is 5.91 Å². The van der Waals surface area contributed by atoms with Crippen LogP contribution in [0, 0.1) is 0 Å². The molecule has 0 heterocycles. The largest absolute Gasteiger partial charge is 0.394 e. The zero-order valence-electron chi connectivity index (χ0n) is 36.9. The predicted octanol–water partition coefficient (Wildman–Crippen LogP) is 15.2. The molecule has 2 atom stereocenters. The Hall–Kier alpha value is -2.43. The first-order chi connectivity index (χ1) is 27.7. The van der Waals surface area contributed by atoms with Gasteiger partial charge >= 0.3 is 0 Å². The highest BCUT2D eigenvalue weighted by atomic mass is 16.3. The zero-order chi connectivity index (χ0) is 40.7. The minimum absolute atomic E-state index is 0.0756. The first-order valence-corrected chi connectivity index (χ1v) is 23.8. The Kier molecular flexibility index (Phi) is 44.9. The van der Waals surface area contributed by atoms with E-state index in [1.807, 2.05) is 6.08 Å². The number of rotatable bonds is 42. The molecule has 0 rings (SSSR count). The molecule has 0 fully saturated rings. The molecule has 322 valence electrons. The normalized spacial score (nSPS) is 13.7. The van der Waals surface area contributed by atoms with Gasteiger partial charge in [-0.3, -0.25) is 4.79 Å². The molecule has 0 aromatic carbocycles. The second-order valence-electron chi connectivity index (χ2n) is 15.8. The maximum Gasteiger partial charge on any atom is 0.220 e. The lowest BCUT2D eigenvalue weighted by atomic mass is 10.0. The van der Waals surface area contributed by atoms with Gasteiger partial charge in [-0.15, -0.1) is 0 Å². The fraction of sp³-hybridized carbons (Fsp3) is 0.712. The molecule has 0 saturated heterocycles. The number of unbranched alkanes of at least 4 members (excludes halogenated alkanes) is 23. The van der Waals surface area contributed by atoms with E-state index in [0.29, 0.717) is 6.42 Å². The highest BCUT2D eigenvalue weighted by Gasteiger charge is 2.17. The number of amides is 1. The van der Waals surface area contributed by atoms with Crippen molar-refractivity contribution in [3.63, 3.8) is 0 Å². The average molecular weight is 778 g/mol. The van der Waals surface area contributed by atoms with Crippen LogP contribution in [0.5, 0.6) is 0 Å². The highest BCUT2D eigenvalue weighted by Crippen LogP contribution is 2.15. The molecular formula is C52H91NO3. The van der Waals surface area contributed by atoms with E-state index in [0.717, 1.165) is 70.6 Å². The van der Waals surface area contributed by atoms with Gasteiger partial charge in [-0.25, -0.2) is 0 Å². The number of allylic oxidation sites excluding steroid dienone is 13. The van der Waals surface area contributed by atoms with Crippen LogP contribution >= 0.6 is 0 Å². The van der Waals surface area contributed by atoms with Crippen LogP contribution in [0.1, 0.15) is 219 Å². The number of aliphatic hydroxyl groups is 2. The van der Waals surface area contributed by atoms with Gasteiger partial charge in [0.1, 0.15) is 0 Å². The summed E-state index contributed by atoms with van der Waals surface area (Å²) in [6.45, 7) is 4.19. The smallest absolute Gasteiger partial charge is 0.220 e. The summed E-state index contributed by atoms with van der Waals surface area (Å²) in [6.07, 6.45) is 68.4. The Balaban J connectivity index is 3.62. The summed E-state index contributed by atoms with van der Waals surface area (Å²) in [7, 11) is 0. The Bertz CT molecular complexity index is 1020. The van der Waals surface area contributed by atoms with E-state index in [9.17, 15) is 15.0 Å². The molecule has 0 spiro atoms. The maximum atomic E-state index is 12.4. The average Bonchev–Trinajstić information content (AvgIpc) is 3.20. The van der Waals surface area contributed by atoms with Gasteiger partial charge < -0.3 is 15.5 Å². The van der Waals surface area contributed by atoms with Crippen LogP contribution < -0.4 is 5.32 Å². The molecule has 0 bridgehead atoms. The molecule has 0 aliphatic heterocycles. The van der Waals surface area contributed by atoms with Crippen molar-refractivity contribution >= 4 is 5.91 Å². The van der Waals surface area contributed by atoms with Gasteiger partial charge in [-0.1, -0.05) is 227 Å². The number of hydrogen-bond donors (Lipinski definition) is 3. The molecule has 0 aromatic heterocycles. The van der Waals surface area contributed by atoms with E-state index in [2.05, 4.69) is 92.1 Å². The van der Waals surface area contributed by atoms with Gasteiger partial charge in [0.15, 0.2) is 0 Å². The highest BCUT2D eigenvalue weighted by molar-refractivity contribution is 5.76. The molecule has 4 heteroatoms. The first-order valence-electron chi connectivity index (χ1n) is 23.8. The molecular weight excluding hydrogens is 687 g/mol. The fourth-order valence-electron chi connectivity index (χ4n) is 6.77. The van der Waals surface area contributed by atoms with Gasteiger partial charge in [0.25, 0.3) is 0 Å². The summed E-state index contributed by atoms with van der Waals surface area (Å²) in [6, 6.07) is -0.632. The number of carbonyl (C=O) groups is 1. The lowest BCUT2D eigenvalue weighted by Gasteiger charge is -2.20. The Morgan fingerprint density at radius 2 is 0.786 bits per heavy atom. The fourth-order valence-corrected chi connectivity index (χ4v) is 6.77. The summed E-state index contributed by atoms with van der Waals surface area (Å²) < 4.78 is 0. The summed E-state index contributed by atoms with van der Waals surface area (Å²) in [5, 5.41) is 23.1. The minimum atomic E-state index is -0.848. The van der Waals surface area contributed by atoms with Crippen molar-refractivity contribution in [2.45, 2.75) is 231 Å². The first kappa shape index (κ1) is 53.6. The van der Waals surface area contributed by atoms with E-state index in [4.69, 9.17) is 0 Å². The summed E-state index contributed by atoms with van der Waals surface area (Å²) in [5.41, 5.74) is 0. The molecule has 2 unspecified atom stereocenters. The molecule has 0 aliphatic carbocycles. The van der Waals surface area contributed by atoms with Crippen molar-refractivity contribution in [2.24, 2.45) is 0 Å². The zero-order valence-corrected chi connectivity index (χ0v) is 36.9. The standard InChI is InChI=1S/C52H91NO3/c1-3-5-7-9-11-13-15-17-19-21-22-23-24-25-26-27-28-29-30-32-34-36-38-40-42-44-46-48-52(56)53-50(49-54)51(55)47-45-43-41-39-37-35-33-31-20-18-16-14-12-10-8-6-4-2/h5,7,11,13,17,19,22-23,25-26,28-29,45,47,50-51,54-55H,3-4,6,8-10,12,14-16,18,20-21,24,27,30-44,46,48-49H2,1-2H3,(H,53,56)/b7-5-,13-11-,19-17-,23-22-,26-25-,29-28-,47-45+. The number of aliphatic hydroxyl groups excluding tert-OH is 2. The van der Waals surface area contributed by atoms with Crippen LogP contribution in [0.4, 0.5) is 0 Å². The topological polar surface area (TPSA) is 69.6 Å². The molecule has 0 saturated carbocycles. The number of hydrogen-bond acceptors (Lipinski definition) is 3. The third kappa shape index (κ3) is 42.7. The Morgan fingerprint density at radius 1 is 0.446 bits per heavy atom. The van der Waals surface area contributed by atoms with Crippen LogP contribution in [0.25, 0.3) is 0 Å². The molecule has 4 nitrogen and oxygen atoms in total. The molecule has 1 amide bonds.